The molecule has 9 atom stereocenters. The fourth-order valence-electron chi connectivity index (χ4n) is 12.7. The van der Waals surface area contributed by atoms with E-state index in [2.05, 4.69) is 34.6 Å². The van der Waals surface area contributed by atoms with Crippen LogP contribution in [0.25, 0.3) is 0 Å². The molecule has 2 heteroatoms. The predicted octanol–water partition coefficient (Wildman–Crippen LogP) is 7.61. The van der Waals surface area contributed by atoms with Gasteiger partial charge in [-0.1, -0.05) is 47.5 Å². The van der Waals surface area contributed by atoms with Gasteiger partial charge in [-0.3, -0.25) is 0 Å². The van der Waals surface area contributed by atoms with E-state index in [1.807, 2.05) is 0 Å². The third-order valence-corrected chi connectivity index (χ3v) is 14.8. The predicted molar refractivity (Wildman–Crippen MR) is 139 cm³/mol. The van der Waals surface area contributed by atoms with Crippen LogP contribution in [0.3, 0.4) is 0 Å². The first-order chi connectivity index (χ1) is 16.0. The van der Waals surface area contributed by atoms with Gasteiger partial charge in [0, 0.05) is 6.61 Å². The highest BCUT2D eigenvalue weighted by Crippen LogP contribution is 2.76. The summed E-state index contributed by atoms with van der Waals surface area (Å²) >= 11 is 0. The van der Waals surface area contributed by atoms with Gasteiger partial charge in [-0.2, -0.15) is 0 Å². The SMILES string of the molecule is CC1(C)[C@@H](O)CCC2(C)[C@H]3CC[C@@H]4C5CCCC6CC(C6)C[C@]5(CO)CC[C@@]4(C)[C@]3(C)CC[C@@H]12. The number of hydrogen-bond donors (Lipinski definition) is 2. The second-order valence-corrected chi connectivity index (χ2v) is 16.0. The maximum absolute atomic E-state index is 10.9. The van der Waals surface area contributed by atoms with Crippen LogP contribution in [0.1, 0.15) is 125 Å². The summed E-state index contributed by atoms with van der Waals surface area (Å²) in [4.78, 5) is 0. The number of aliphatic hydroxyl groups is 2. The lowest BCUT2D eigenvalue weighted by atomic mass is 9.32. The average Bonchev–Trinajstić information content (AvgIpc) is 2.89. The van der Waals surface area contributed by atoms with E-state index < -0.39 is 0 Å². The molecule has 194 valence electrons. The van der Waals surface area contributed by atoms with Gasteiger partial charge in [0.2, 0.25) is 0 Å². The Hall–Kier alpha value is -0.0800. The molecule has 2 bridgehead atoms. The van der Waals surface area contributed by atoms with Crippen molar-refractivity contribution in [3.63, 3.8) is 0 Å². The van der Waals surface area contributed by atoms with E-state index in [9.17, 15) is 10.2 Å². The van der Waals surface area contributed by atoms with Crippen LogP contribution >= 0.6 is 0 Å². The number of hydrogen-bond acceptors (Lipinski definition) is 2. The normalized spacial score (nSPS) is 58.5. The highest BCUT2D eigenvalue weighted by Gasteiger charge is 2.69. The van der Waals surface area contributed by atoms with E-state index in [0.29, 0.717) is 28.8 Å². The molecule has 0 saturated heterocycles. The van der Waals surface area contributed by atoms with Gasteiger partial charge in [-0.25, -0.2) is 0 Å². The lowest BCUT2D eigenvalue weighted by Crippen LogP contribution is -2.67. The Kier molecular flexibility index (Phi) is 5.51. The summed E-state index contributed by atoms with van der Waals surface area (Å²) in [6.45, 7) is 13.3. The molecule has 7 saturated carbocycles. The Morgan fingerprint density at radius 1 is 0.676 bits per heavy atom. The fraction of sp³-hybridized carbons (Fsp3) is 1.00. The van der Waals surface area contributed by atoms with E-state index in [0.717, 1.165) is 36.0 Å². The number of aliphatic hydroxyl groups excluding tert-OH is 2. The third kappa shape index (κ3) is 3.00. The van der Waals surface area contributed by atoms with Gasteiger partial charge >= 0.3 is 0 Å². The molecular formula is C32H54O2. The molecule has 0 aliphatic heterocycles. The molecule has 0 aromatic carbocycles. The zero-order chi connectivity index (χ0) is 24.1. The molecule has 2 nitrogen and oxygen atoms in total. The van der Waals surface area contributed by atoms with E-state index in [4.69, 9.17) is 0 Å². The van der Waals surface area contributed by atoms with Crippen molar-refractivity contribution >= 4 is 0 Å². The number of rotatable bonds is 1. The molecule has 34 heavy (non-hydrogen) atoms. The summed E-state index contributed by atoms with van der Waals surface area (Å²) in [7, 11) is 0. The topological polar surface area (TPSA) is 40.5 Å². The summed E-state index contributed by atoms with van der Waals surface area (Å²) in [5.74, 6) is 4.88. The summed E-state index contributed by atoms with van der Waals surface area (Å²) in [6.07, 6.45) is 18.6. The lowest BCUT2D eigenvalue weighted by molar-refractivity contribution is -0.252. The summed E-state index contributed by atoms with van der Waals surface area (Å²) in [5, 5.41) is 21.9. The van der Waals surface area contributed by atoms with Crippen molar-refractivity contribution in [3.8, 4) is 0 Å². The zero-order valence-corrected chi connectivity index (χ0v) is 23.0. The largest absolute Gasteiger partial charge is 0.396 e. The Labute approximate surface area is 210 Å². The van der Waals surface area contributed by atoms with Crippen LogP contribution in [-0.4, -0.2) is 22.9 Å². The molecule has 0 radical (unpaired) electrons. The molecule has 2 unspecified atom stereocenters. The van der Waals surface area contributed by atoms with E-state index >= 15 is 0 Å². The Morgan fingerprint density at radius 3 is 2.18 bits per heavy atom. The van der Waals surface area contributed by atoms with Crippen LogP contribution in [-0.2, 0) is 0 Å². The quantitative estimate of drug-likeness (QED) is 0.414. The number of fused-ring (bicyclic) bond motifs is 7. The minimum atomic E-state index is -0.133. The Morgan fingerprint density at radius 2 is 1.44 bits per heavy atom. The van der Waals surface area contributed by atoms with Crippen LogP contribution in [0.5, 0.6) is 0 Å². The van der Waals surface area contributed by atoms with Gasteiger partial charge in [-0.15, -0.1) is 0 Å². The molecule has 0 aromatic heterocycles. The van der Waals surface area contributed by atoms with Crippen LogP contribution in [0.4, 0.5) is 0 Å². The molecule has 7 aliphatic rings. The molecule has 2 N–H and O–H groups in total. The Balaban J connectivity index is 1.35. The fourth-order valence-corrected chi connectivity index (χ4v) is 12.7. The van der Waals surface area contributed by atoms with Gasteiger partial charge in [0.15, 0.2) is 0 Å². The smallest absolute Gasteiger partial charge is 0.0594 e. The molecular weight excluding hydrogens is 416 g/mol. The molecule has 7 aliphatic carbocycles. The molecule has 0 amide bonds. The lowest BCUT2D eigenvalue weighted by Gasteiger charge is -2.73. The van der Waals surface area contributed by atoms with Crippen molar-refractivity contribution in [2.75, 3.05) is 6.61 Å². The third-order valence-electron chi connectivity index (χ3n) is 14.8. The maximum Gasteiger partial charge on any atom is 0.0594 e. The van der Waals surface area contributed by atoms with Crippen LogP contribution in [0.15, 0.2) is 0 Å². The summed E-state index contributed by atoms with van der Waals surface area (Å²) in [6, 6.07) is 0. The monoisotopic (exact) mass is 470 g/mol. The molecule has 7 fully saturated rings. The highest BCUT2D eigenvalue weighted by molar-refractivity contribution is 5.18. The molecule has 7 rings (SSSR count). The molecule has 0 aromatic rings. The van der Waals surface area contributed by atoms with Crippen molar-refractivity contribution in [3.05, 3.63) is 0 Å². The Bertz CT molecular complexity index is 799. The van der Waals surface area contributed by atoms with Gasteiger partial charge < -0.3 is 10.2 Å². The molecule has 0 heterocycles. The van der Waals surface area contributed by atoms with Gasteiger partial charge in [0.25, 0.3) is 0 Å². The van der Waals surface area contributed by atoms with Gasteiger partial charge in [-0.05, 0) is 140 Å². The first kappa shape index (κ1) is 24.3. The van der Waals surface area contributed by atoms with Crippen molar-refractivity contribution in [1.82, 2.24) is 0 Å². The standard InChI is InChI=1S/C32H54O2/c1-28(2)25-11-14-31(5)26(29(25,3)13-12-27(28)34)10-9-23-24-8-6-7-21-17-22(18-21)19-32(24,20-33)16-15-30(23,31)4/h21-27,33-34H,6-20H2,1-5H3/t21?,22?,23-,24?,25+,26-,27+,29?,30-,31-,32+/m1/s1. The van der Waals surface area contributed by atoms with Crippen molar-refractivity contribution in [2.45, 2.75) is 131 Å². The van der Waals surface area contributed by atoms with E-state index in [-0.39, 0.29) is 16.9 Å². The minimum absolute atomic E-state index is 0.0449. The second kappa shape index (κ2) is 7.72. The summed E-state index contributed by atoms with van der Waals surface area (Å²) < 4.78 is 0. The van der Waals surface area contributed by atoms with Crippen LogP contribution in [0.2, 0.25) is 0 Å². The zero-order valence-electron chi connectivity index (χ0n) is 23.0. The first-order valence-electron chi connectivity index (χ1n) is 15.3. The average molecular weight is 471 g/mol. The first-order valence-corrected chi connectivity index (χ1v) is 15.3. The van der Waals surface area contributed by atoms with Crippen molar-refractivity contribution < 1.29 is 10.2 Å². The second-order valence-electron chi connectivity index (χ2n) is 16.0. The van der Waals surface area contributed by atoms with Crippen LogP contribution in [0, 0.1) is 62.6 Å². The highest BCUT2D eigenvalue weighted by atomic mass is 16.3. The van der Waals surface area contributed by atoms with E-state index in [1.165, 1.54) is 83.5 Å². The van der Waals surface area contributed by atoms with Crippen molar-refractivity contribution in [1.29, 1.82) is 0 Å². The van der Waals surface area contributed by atoms with Crippen molar-refractivity contribution in [2.24, 2.45) is 62.6 Å². The summed E-state index contributed by atoms with van der Waals surface area (Å²) in [5.41, 5.74) is 1.44. The van der Waals surface area contributed by atoms with E-state index in [1.54, 1.807) is 0 Å². The minimum Gasteiger partial charge on any atom is -0.396 e. The van der Waals surface area contributed by atoms with Gasteiger partial charge in [0.1, 0.15) is 0 Å². The van der Waals surface area contributed by atoms with Crippen LogP contribution < -0.4 is 0 Å². The van der Waals surface area contributed by atoms with Gasteiger partial charge in [0.05, 0.1) is 6.10 Å². The molecule has 0 spiro atoms. The maximum atomic E-state index is 10.9.